The van der Waals surface area contributed by atoms with Crippen LogP contribution >= 0.6 is 0 Å². The maximum absolute atomic E-state index is 12.9. The second kappa shape index (κ2) is 6.28. The van der Waals surface area contributed by atoms with Crippen molar-refractivity contribution in [3.8, 4) is 5.75 Å². The lowest BCUT2D eigenvalue weighted by Gasteiger charge is -2.20. The van der Waals surface area contributed by atoms with E-state index in [0.717, 1.165) is 38.2 Å². The molecule has 23 heavy (non-hydrogen) atoms. The molecule has 120 valence electrons. The van der Waals surface area contributed by atoms with E-state index in [0.29, 0.717) is 5.92 Å². The minimum atomic E-state index is -0.224. The minimum Gasteiger partial charge on any atom is -0.489 e. The Kier molecular flexibility index (Phi) is 4.00. The summed E-state index contributed by atoms with van der Waals surface area (Å²) in [4.78, 5) is 7.06. The summed E-state index contributed by atoms with van der Waals surface area (Å²) in [6.07, 6.45) is 5.48. The number of fused-ring (bicyclic) bond motifs is 1. The summed E-state index contributed by atoms with van der Waals surface area (Å²) < 4.78 is 18.9. The highest BCUT2D eigenvalue weighted by molar-refractivity contribution is 5.29. The van der Waals surface area contributed by atoms with Crippen molar-refractivity contribution in [2.45, 2.75) is 31.3 Å². The predicted molar refractivity (Wildman–Crippen MR) is 87.2 cm³/mol. The number of hydrogen-bond acceptors (Lipinski definition) is 3. The second-order valence-electron chi connectivity index (χ2n) is 6.53. The van der Waals surface area contributed by atoms with Gasteiger partial charge >= 0.3 is 0 Å². The van der Waals surface area contributed by atoms with Crippen LogP contribution in [-0.4, -0.2) is 35.6 Å². The second-order valence-corrected chi connectivity index (χ2v) is 6.53. The Bertz CT molecular complexity index is 673. The van der Waals surface area contributed by atoms with Gasteiger partial charge in [0.15, 0.2) is 0 Å². The van der Waals surface area contributed by atoms with Crippen molar-refractivity contribution in [1.29, 1.82) is 0 Å². The Hall–Kier alpha value is -1.94. The third-order valence-corrected chi connectivity index (χ3v) is 4.90. The number of hydrogen-bond donors (Lipinski definition) is 0. The number of pyridine rings is 1. The van der Waals surface area contributed by atoms with Gasteiger partial charge in [-0.2, -0.15) is 0 Å². The van der Waals surface area contributed by atoms with E-state index in [1.165, 1.54) is 29.8 Å². The molecule has 0 spiro atoms. The van der Waals surface area contributed by atoms with Crippen molar-refractivity contribution in [1.82, 2.24) is 9.88 Å². The molecule has 0 saturated carbocycles. The highest BCUT2D eigenvalue weighted by Crippen LogP contribution is 2.32. The van der Waals surface area contributed by atoms with Gasteiger partial charge in [-0.25, -0.2) is 4.39 Å². The van der Waals surface area contributed by atoms with Gasteiger partial charge in [-0.15, -0.1) is 0 Å². The van der Waals surface area contributed by atoms with Crippen LogP contribution in [0.15, 0.2) is 42.6 Å². The molecule has 1 aromatic carbocycles. The smallest absolute Gasteiger partial charge is 0.123 e. The molecule has 1 fully saturated rings. The van der Waals surface area contributed by atoms with Gasteiger partial charge in [-0.1, -0.05) is 6.07 Å². The zero-order valence-electron chi connectivity index (χ0n) is 13.1. The standard InChI is InChI=1S/C19H21FN2O/c20-16-5-7-17(8-6-16)23-18-9-11-22(13-18)12-15-4-3-14-2-1-10-21-19(14)15/h1-2,5-8,10,15,18H,3-4,9,11-13H2/t15?,18-/m1/s1. The molecule has 2 aromatic rings. The number of halogens is 1. The summed E-state index contributed by atoms with van der Waals surface area (Å²) in [5.41, 5.74) is 2.70. The van der Waals surface area contributed by atoms with Crippen LogP contribution in [0.25, 0.3) is 0 Å². The Labute approximate surface area is 136 Å². The average molecular weight is 312 g/mol. The largest absolute Gasteiger partial charge is 0.489 e. The van der Waals surface area contributed by atoms with Crippen molar-refractivity contribution in [3.63, 3.8) is 0 Å². The van der Waals surface area contributed by atoms with E-state index in [1.54, 1.807) is 12.1 Å². The SMILES string of the molecule is Fc1ccc(O[C@@H]2CCN(CC3CCc4cccnc43)C2)cc1. The summed E-state index contributed by atoms with van der Waals surface area (Å²) in [7, 11) is 0. The van der Waals surface area contributed by atoms with Crippen LogP contribution < -0.4 is 4.74 Å². The number of aromatic nitrogens is 1. The van der Waals surface area contributed by atoms with Crippen molar-refractivity contribution < 1.29 is 9.13 Å². The molecular formula is C19H21FN2O. The van der Waals surface area contributed by atoms with Crippen LogP contribution in [-0.2, 0) is 6.42 Å². The summed E-state index contributed by atoms with van der Waals surface area (Å²) in [5.74, 6) is 1.08. The van der Waals surface area contributed by atoms with Gasteiger partial charge in [0.1, 0.15) is 17.7 Å². The van der Waals surface area contributed by atoms with E-state index in [2.05, 4.69) is 16.0 Å². The number of benzene rings is 1. The van der Waals surface area contributed by atoms with E-state index in [4.69, 9.17) is 4.74 Å². The maximum atomic E-state index is 12.9. The minimum absolute atomic E-state index is 0.199. The van der Waals surface area contributed by atoms with Gasteiger partial charge in [-0.05, 0) is 55.2 Å². The fourth-order valence-electron chi connectivity index (χ4n) is 3.75. The number of aryl methyl sites for hydroxylation is 1. The lowest BCUT2D eigenvalue weighted by atomic mass is 10.1. The van der Waals surface area contributed by atoms with E-state index in [1.807, 2.05) is 12.3 Å². The Morgan fingerprint density at radius 2 is 2.04 bits per heavy atom. The molecule has 1 aliphatic carbocycles. The maximum Gasteiger partial charge on any atom is 0.123 e. The van der Waals surface area contributed by atoms with Crippen LogP contribution in [0.4, 0.5) is 4.39 Å². The molecule has 3 nitrogen and oxygen atoms in total. The predicted octanol–water partition coefficient (Wildman–Crippen LogP) is 3.40. The molecule has 2 atom stereocenters. The van der Waals surface area contributed by atoms with E-state index in [9.17, 15) is 4.39 Å². The molecule has 1 aliphatic heterocycles. The fraction of sp³-hybridized carbons (Fsp3) is 0.421. The summed E-state index contributed by atoms with van der Waals surface area (Å²) in [6.45, 7) is 3.06. The molecular weight excluding hydrogens is 291 g/mol. The fourth-order valence-corrected chi connectivity index (χ4v) is 3.75. The topological polar surface area (TPSA) is 25.4 Å². The third-order valence-electron chi connectivity index (χ3n) is 4.90. The number of ether oxygens (including phenoxy) is 1. The molecule has 0 N–H and O–H groups in total. The number of nitrogens with zero attached hydrogens (tertiary/aromatic N) is 2. The Morgan fingerprint density at radius 3 is 2.91 bits per heavy atom. The van der Waals surface area contributed by atoms with Crippen LogP contribution in [0.2, 0.25) is 0 Å². The average Bonchev–Trinajstić information content (AvgIpc) is 3.18. The molecule has 2 aliphatic rings. The van der Waals surface area contributed by atoms with Crippen molar-refractivity contribution >= 4 is 0 Å². The first-order valence-corrected chi connectivity index (χ1v) is 8.36. The van der Waals surface area contributed by atoms with E-state index in [-0.39, 0.29) is 11.9 Å². The molecule has 1 aromatic heterocycles. The normalized spacial score (nSPS) is 23.9. The highest BCUT2D eigenvalue weighted by Gasteiger charge is 2.30. The first-order chi connectivity index (χ1) is 11.3. The number of rotatable bonds is 4. The van der Waals surface area contributed by atoms with Gasteiger partial charge in [-0.3, -0.25) is 9.88 Å². The zero-order valence-corrected chi connectivity index (χ0v) is 13.1. The molecule has 2 heterocycles. The Balaban J connectivity index is 1.33. The summed E-state index contributed by atoms with van der Waals surface area (Å²) >= 11 is 0. The summed E-state index contributed by atoms with van der Waals surface area (Å²) in [5, 5.41) is 0. The molecule has 1 saturated heterocycles. The first kappa shape index (κ1) is 14.6. The quantitative estimate of drug-likeness (QED) is 0.865. The van der Waals surface area contributed by atoms with Crippen molar-refractivity contribution in [2.75, 3.05) is 19.6 Å². The molecule has 4 rings (SSSR count). The lowest BCUT2D eigenvalue weighted by molar-refractivity contribution is 0.197. The first-order valence-electron chi connectivity index (χ1n) is 8.36. The molecule has 0 radical (unpaired) electrons. The highest BCUT2D eigenvalue weighted by atomic mass is 19.1. The van der Waals surface area contributed by atoms with Crippen LogP contribution in [0.3, 0.4) is 0 Å². The van der Waals surface area contributed by atoms with Crippen LogP contribution in [0.1, 0.15) is 30.0 Å². The van der Waals surface area contributed by atoms with Gasteiger partial charge in [0.2, 0.25) is 0 Å². The van der Waals surface area contributed by atoms with Gasteiger partial charge < -0.3 is 4.74 Å². The third kappa shape index (κ3) is 3.22. The van der Waals surface area contributed by atoms with Crippen LogP contribution in [0.5, 0.6) is 5.75 Å². The van der Waals surface area contributed by atoms with Crippen LogP contribution in [0, 0.1) is 5.82 Å². The molecule has 0 amide bonds. The zero-order chi connectivity index (χ0) is 15.6. The lowest BCUT2D eigenvalue weighted by Crippen LogP contribution is -2.28. The molecule has 4 heteroatoms. The van der Waals surface area contributed by atoms with Gasteiger partial charge in [0.25, 0.3) is 0 Å². The monoisotopic (exact) mass is 312 g/mol. The number of likely N-dealkylation sites (tertiary alicyclic amines) is 1. The molecule has 0 bridgehead atoms. The Morgan fingerprint density at radius 1 is 1.17 bits per heavy atom. The van der Waals surface area contributed by atoms with Crippen molar-refractivity contribution in [2.24, 2.45) is 0 Å². The van der Waals surface area contributed by atoms with Crippen molar-refractivity contribution in [3.05, 3.63) is 59.7 Å². The molecule has 1 unspecified atom stereocenters. The van der Waals surface area contributed by atoms with Gasteiger partial charge in [0, 0.05) is 37.4 Å². The van der Waals surface area contributed by atoms with Gasteiger partial charge in [0.05, 0.1) is 0 Å². The van der Waals surface area contributed by atoms with E-state index >= 15 is 0 Å². The summed E-state index contributed by atoms with van der Waals surface area (Å²) in [6, 6.07) is 10.5. The van der Waals surface area contributed by atoms with E-state index < -0.39 is 0 Å².